The number of amides is 1. The number of guanidine groups is 1. The van der Waals surface area contributed by atoms with Gasteiger partial charge in [-0.3, -0.25) is 4.79 Å². The van der Waals surface area contributed by atoms with Gasteiger partial charge < -0.3 is 20.3 Å². The molecule has 1 saturated carbocycles. The minimum absolute atomic E-state index is 0.220. The molecule has 1 aromatic rings. The monoisotopic (exact) mass is 415 g/mol. The van der Waals surface area contributed by atoms with Crippen molar-refractivity contribution in [1.29, 1.82) is 0 Å². The molecule has 166 valence electrons. The molecule has 0 radical (unpaired) electrons. The minimum atomic E-state index is 0.220. The largest absolute Gasteiger partial charge is 0.474 e. The molecule has 2 fully saturated rings. The number of likely N-dealkylation sites (tertiary alicyclic amines) is 1. The van der Waals surface area contributed by atoms with E-state index in [2.05, 4.69) is 29.5 Å². The zero-order chi connectivity index (χ0) is 21.3. The molecule has 3 rings (SSSR count). The van der Waals surface area contributed by atoms with Gasteiger partial charge in [-0.25, -0.2) is 9.98 Å². The van der Waals surface area contributed by atoms with Crippen LogP contribution < -0.4 is 15.4 Å². The highest BCUT2D eigenvalue weighted by Crippen LogP contribution is 2.26. The molecular weight excluding hydrogens is 378 g/mol. The standard InChI is InChI=1S/C23H37N5O2/c1-4-22(29)28-13-11-19(16-28)27-23(24-5-2)26-15-18-10-12-25-21(14-18)30-20-8-6-17(3)7-9-20/h10,12,14,17,19-20H,4-9,11,13,15-16H2,1-3H3,(H2,24,26,27). The Labute approximate surface area is 180 Å². The lowest BCUT2D eigenvalue weighted by Crippen LogP contribution is -2.45. The van der Waals surface area contributed by atoms with E-state index in [0.29, 0.717) is 18.8 Å². The number of aromatic nitrogens is 1. The van der Waals surface area contributed by atoms with Crippen molar-refractivity contribution in [2.24, 2.45) is 10.9 Å². The van der Waals surface area contributed by atoms with E-state index in [1.165, 1.54) is 12.8 Å². The molecule has 2 aliphatic rings. The summed E-state index contributed by atoms with van der Waals surface area (Å²) in [5, 5.41) is 6.79. The summed E-state index contributed by atoms with van der Waals surface area (Å²) in [5.74, 6) is 2.51. The predicted molar refractivity (Wildman–Crippen MR) is 120 cm³/mol. The number of carbonyl (C=O) groups excluding carboxylic acids is 1. The quantitative estimate of drug-likeness (QED) is 0.528. The van der Waals surface area contributed by atoms with E-state index in [1.807, 2.05) is 24.0 Å². The van der Waals surface area contributed by atoms with E-state index < -0.39 is 0 Å². The second-order valence-electron chi connectivity index (χ2n) is 8.52. The van der Waals surface area contributed by atoms with Crippen molar-refractivity contribution in [3.05, 3.63) is 23.9 Å². The van der Waals surface area contributed by atoms with Crippen LogP contribution in [0.15, 0.2) is 23.3 Å². The Morgan fingerprint density at radius 1 is 1.27 bits per heavy atom. The second kappa shape index (κ2) is 11.2. The maximum atomic E-state index is 11.9. The van der Waals surface area contributed by atoms with Gasteiger partial charge in [-0.15, -0.1) is 0 Å². The topological polar surface area (TPSA) is 78.9 Å². The number of hydrogen-bond donors (Lipinski definition) is 2. The van der Waals surface area contributed by atoms with E-state index >= 15 is 0 Å². The van der Waals surface area contributed by atoms with Gasteiger partial charge in [0.05, 0.1) is 6.54 Å². The van der Waals surface area contributed by atoms with Crippen molar-refractivity contribution in [1.82, 2.24) is 20.5 Å². The molecule has 1 aliphatic carbocycles. The Morgan fingerprint density at radius 3 is 2.80 bits per heavy atom. The van der Waals surface area contributed by atoms with Crippen LogP contribution in [-0.2, 0) is 11.3 Å². The number of carbonyl (C=O) groups is 1. The summed E-state index contributed by atoms with van der Waals surface area (Å²) in [7, 11) is 0. The first kappa shape index (κ1) is 22.4. The third-order valence-corrected chi connectivity index (χ3v) is 6.00. The molecule has 0 aromatic carbocycles. The van der Waals surface area contributed by atoms with Gasteiger partial charge in [-0.2, -0.15) is 0 Å². The fourth-order valence-corrected chi connectivity index (χ4v) is 4.14. The third kappa shape index (κ3) is 6.61. The van der Waals surface area contributed by atoms with Crippen LogP contribution in [0.5, 0.6) is 5.88 Å². The van der Waals surface area contributed by atoms with Crippen molar-refractivity contribution in [2.45, 2.75) is 78.0 Å². The number of ether oxygens (including phenoxy) is 1. The molecule has 1 amide bonds. The van der Waals surface area contributed by atoms with Gasteiger partial charge >= 0.3 is 0 Å². The van der Waals surface area contributed by atoms with Crippen LogP contribution in [0.4, 0.5) is 0 Å². The van der Waals surface area contributed by atoms with Crippen molar-refractivity contribution in [3.8, 4) is 5.88 Å². The summed E-state index contributed by atoms with van der Waals surface area (Å²) < 4.78 is 6.12. The Hall–Kier alpha value is -2.31. The summed E-state index contributed by atoms with van der Waals surface area (Å²) in [6.07, 6.45) is 8.27. The summed E-state index contributed by atoms with van der Waals surface area (Å²) >= 11 is 0. The van der Waals surface area contributed by atoms with Gasteiger partial charge in [0, 0.05) is 44.4 Å². The molecule has 2 N–H and O–H groups in total. The van der Waals surface area contributed by atoms with Crippen molar-refractivity contribution in [3.63, 3.8) is 0 Å². The average Bonchev–Trinajstić information content (AvgIpc) is 3.22. The van der Waals surface area contributed by atoms with Gasteiger partial charge in [0.2, 0.25) is 11.8 Å². The van der Waals surface area contributed by atoms with E-state index in [4.69, 9.17) is 9.73 Å². The first-order valence-corrected chi connectivity index (χ1v) is 11.5. The fraction of sp³-hybridized carbons (Fsp3) is 0.696. The Morgan fingerprint density at radius 2 is 2.07 bits per heavy atom. The Bertz CT molecular complexity index is 715. The van der Waals surface area contributed by atoms with E-state index in [-0.39, 0.29) is 18.1 Å². The summed E-state index contributed by atoms with van der Waals surface area (Å²) in [4.78, 5) is 23.0. The number of nitrogens with one attached hydrogen (secondary N) is 2. The Balaban J connectivity index is 1.55. The van der Waals surface area contributed by atoms with Crippen LogP contribution in [0.25, 0.3) is 0 Å². The summed E-state index contributed by atoms with van der Waals surface area (Å²) in [6, 6.07) is 4.23. The minimum Gasteiger partial charge on any atom is -0.474 e. The molecule has 1 saturated heterocycles. The van der Waals surface area contributed by atoms with Gasteiger partial charge in [0.15, 0.2) is 5.96 Å². The summed E-state index contributed by atoms with van der Waals surface area (Å²) in [6.45, 7) is 9.19. The highest BCUT2D eigenvalue weighted by Gasteiger charge is 2.25. The zero-order valence-corrected chi connectivity index (χ0v) is 18.7. The van der Waals surface area contributed by atoms with Gasteiger partial charge in [-0.1, -0.05) is 13.8 Å². The van der Waals surface area contributed by atoms with Crippen LogP contribution in [0, 0.1) is 5.92 Å². The normalized spacial score (nSPS) is 24.6. The Kier molecular flexibility index (Phi) is 8.34. The highest BCUT2D eigenvalue weighted by molar-refractivity contribution is 5.80. The average molecular weight is 416 g/mol. The highest BCUT2D eigenvalue weighted by atomic mass is 16.5. The molecule has 7 nitrogen and oxygen atoms in total. The summed E-state index contributed by atoms with van der Waals surface area (Å²) in [5.41, 5.74) is 1.08. The smallest absolute Gasteiger partial charge is 0.222 e. The van der Waals surface area contributed by atoms with Crippen LogP contribution in [0.2, 0.25) is 0 Å². The van der Waals surface area contributed by atoms with Crippen LogP contribution in [0.3, 0.4) is 0 Å². The maximum absolute atomic E-state index is 11.9. The third-order valence-electron chi connectivity index (χ3n) is 6.00. The van der Waals surface area contributed by atoms with E-state index in [1.54, 1.807) is 6.20 Å². The molecule has 7 heteroatoms. The zero-order valence-electron chi connectivity index (χ0n) is 18.7. The lowest BCUT2D eigenvalue weighted by Gasteiger charge is -2.26. The fourth-order valence-electron chi connectivity index (χ4n) is 4.14. The number of rotatable bonds is 7. The van der Waals surface area contributed by atoms with Gasteiger partial charge in [0.1, 0.15) is 6.10 Å². The SMILES string of the molecule is CCNC(=NCc1ccnc(OC2CCC(C)CC2)c1)NC1CCN(C(=O)CC)C1. The lowest BCUT2D eigenvalue weighted by molar-refractivity contribution is -0.129. The molecule has 0 spiro atoms. The van der Waals surface area contributed by atoms with Crippen molar-refractivity contribution < 1.29 is 9.53 Å². The number of nitrogens with zero attached hydrogens (tertiary/aromatic N) is 3. The first-order chi connectivity index (χ1) is 14.6. The van der Waals surface area contributed by atoms with Crippen molar-refractivity contribution in [2.75, 3.05) is 19.6 Å². The first-order valence-electron chi connectivity index (χ1n) is 11.5. The van der Waals surface area contributed by atoms with Gasteiger partial charge in [0.25, 0.3) is 0 Å². The van der Waals surface area contributed by atoms with E-state index in [9.17, 15) is 4.79 Å². The van der Waals surface area contributed by atoms with Crippen molar-refractivity contribution >= 4 is 11.9 Å². The predicted octanol–water partition coefficient (Wildman–Crippen LogP) is 3.11. The second-order valence-corrected chi connectivity index (χ2v) is 8.52. The number of hydrogen-bond acceptors (Lipinski definition) is 4. The van der Waals surface area contributed by atoms with Crippen LogP contribution >= 0.6 is 0 Å². The molecule has 30 heavy (non-hydrogen) atoms. The molecule has 1 aromatic heterocycles. The lowest BCUT2D eigenvalue weighted by atomic mass is 9.89. The molecule has 1 aliphatic heterocycles. The van der Waals surface area contributed by atoms with Crippen LogP contribution in [-0.4, -0.2) is 53.5 Å². The van der Waals surface area contributed by atoms with E-state index in [0.717, 1.165) is 56.3 Å². The number of aliphatic imine (C=N–C) groups is 1. The maximum Gasteiger partial charge on any atom is 0.222 e. The molecular formula is C23H37N5O2. The molecule has 1 atom stereocenters. The molecule has 0 bridgehead atoms. The van der Waals surface area contributed by atoms with Crippen LogP contribution in [0.1, 0.15) is 64.9 Å². The molecule has 1 unspecified atom stereocenters. The van der Waals surface area contributed by atoms with Gasteiger partial charge in [-0.05, 0) is 56.6 Å². The number of pyridine rings is 1. The molecule has 2 heterocycles.